The second kappa shape index (κ2) is 6.83. The molecule has 7 heteroatoms. The van der Waals surface area contributed by atoms with Gasteiger partial charge in [0.2, 0.25) is 5.91 Å². The van der Waals surface area contributed by atoms with Crippen LogP contribution in [-0.4, -0.2) is 56.1 Å². The molecule has 3 amide bonds. The molecule has 3 N–H and O–H groups in total. The number of nitrogens with one attached hydrogen (secondary N) is 3. The van der Waals surface area contributed by atoms with Gasteiger partial charge in [0.25, 0.3) is 0 Å². The summed E-state index contributed by atoms with van der Waals surface area (Å²) < 4.78 is 0. The van der Waals surface area contributed by atoms with Crippen LogP contribution < -0.4 is 16.0 Å². The lowest BCUT2D eigenvalue weighted by atomic mass is 10.2. The number of rotatable bonds is 3. The van der Waals surface area contributed by atoms with Crippen molar-refractivity contribution in [3.63, 3.8) is 0 Å². The number of amides is 3. The summed E-state index contributed by atoms with van der Waals surface area (Å²) in [5.41, 5.74) is 0. The maximum Gasteiger partial charge on any atom is 0.321 e. The maximum absolute atomic E-state index is 11.4. The molecule has 0 aromatic carbocycles. The second-order valence-corrected chi connectivity index (χ2v) is 3.76. The zero-order chi connectivity index (χ0) is 12.7. The lowest BCUT2D eigenvalue weighted by molar-refractivity contribution is -0.120. The summed E-state index contributed by atoms with van der Waals surface area (Å²) >= 11 is 0. The molecule has 1 unspecified atom stereocenters. The summed E-state index contributed by atoms with van der Waals surface area (Å²) in [4.78, 5) is 24.2. The van der Waals surface area contributed by atoms with Crippen molar-refractivity contribution in [3.8, 4) is 6.07 Å². The first-order chi connectivity index (χ1) is 8.17. The summed E-state index contributed by atoms with van der Waals surface area (Å²) in [6.45, 7) is 2.66. The van der Waals surface area contributed by atoms with Gasteiger partial charge in [-0.3, -0.25) is 15.0 Å². The van der Waals surface area contributed by atoms with Crippen molar-refractivity contribution in [1.82, 2.24) is 20.9 Å². The van der Waals surface area contributed by atoms with Gasteiger partial charge in [-0.2, -0.15) is 5.26 Å². The Morgan fingerprint density at radius 3 is 3.00 bits per heavy atom. The molecule has 0 saturated carbocycles. The summed E-state index contributed by atoms with van der Waals surface area (Å²) in [6.07, 6.45) is 0.214. The third-order valence-corrected chi connectivity index (χ3v) is 2.61. The molecule has 17 heavy (non-hydrogen) atoms. The molecule has 1 heterocycles. The molecule has 1 saturated heterocycles. The molecule has 0 aromatic rings. The van der Waals surface area contributed by atoms with E-state index in [1.54, 1.807) is 0 Å². The van der Waals surface area contributed by atoms with Gasteiger partial charge >= 0.3 is 6.03 Å². The normalized spacial score (nSPS) is 20.4. The van der Waals surface area contributed by atoms with Gasteiger partial charge in [0.1, 0.15) is 6.04 Å². The third kappa shape index (κ3) is 4.38. The number of carbonyl (C=O) groups is 2. The Morgan fingerprint density at radius 1 is 1.59 bits per heavy atom. The standard InChI is InChI=1S/C10H17N5O2/c1-12-10(17)14-9(16)2-4-15-5-3-13-7-8(15)6-11/h8,13H,2-5,7H2,1H3,(H2,12,14,16,17). The number of hydrogen-bond acceptors (Lipinski definition) is 5. The summed E-state index contributed by atoms with van der Waals surface area (Å²) in [5.74, 6) is -0.334. The molecule has 0 radical (unpaired) electrons. The van der Waals surface area contributed by atoms with Gasteiger partial charge in [-0.25, -0.2) is 4.79 Å². The zero-order valence-corrected chi connectivity index (χ0v) is 9.82. The number of piperazine rings is 1. The Balaban J connectivity index is 2.31. The van der Waals surface area contributed by atoms with E-state index in [2.05, 4.69) is 22.0 Å². The summed E-state index contributed by atoms with van der Waals surface area (Å²) in [7, 11) is 1.45. The number of imide groups is 1. The minimum Gasteiger partial charge on any atom is -0.341 e. The highest BCUT2D eigenvalue weighted by Gasteiger charge is 2.22. The van der Waals surface area contributed by atoms with Crippen molar-refractivity contribution in [2.24, 2.45) is 0 Å². The molecule has 94 valence electrons. The quantitative estimate of drug-likeness (QED) is 0.564. The Bertz CT molecular complexity index is 325. The highest BCUT2D eigenvalue weighted by molar-refractivity contribution is 5.94. The highest BCUT2D eigenvalue weighted by atomic mass is 16.2. The molecule has 1 atom stereocenters. The summed E-state index contributed by atoms with van der Waals surface area (Å²) in [6, 6.07) is 1.48. The van der Waals surface area contributed by atoms with E-state index in [1.807, 2.05) is 4.90 Å². The summed E-state index contributed by atoms with van der Waals surface area (Å²) in [5, 5.41) is 16.5. The van der Waals surface area contributed by atoms with Crippen LogP contribution in [0.4, 0.5) is 4.79 Å². The van der Waals surface area contributed by atoms with Crippen molar-refractivity contribution in [1.29, 1.82) is 5.26 Å². The predicted molar refractivity (Wildman–Crippen MR) is 61.1 cm³/mol. The molecular weight excluding hydrogens is 222 g/mol. The molecule has 0 bridgehead atoms. The molecular formula is C10H17N5O2. The fourth-order valence-electron chi connectivity index (χ4n) is 1.64. The van der Waals surface area contributed by atoms with Crippen LogP contribution in [0.3, 0.4) is 0 Å². The monoisotopic (exact) mass is 239 g/mol. The molecule has 1 aliphatic rings. The van der Waals surface area contributed by atoms with Crippen LogP contribution in [0.5, 0.6) is 0 Å². The first-order valence-electron chi connectivity index (χ1n) is 5.53. The minimum atomic E-state index is -0.507. The van der Waals surface area contributed by atoms with E-state index in [1.165, 1.54) is 7.05 Å². The van der Waals surface area contributed by atoms with Crippen LogP contribution in [0.15, 0.2) is 0 Å². The van der Waals surface area contributed by atoms with Gasteiger partial charge in [0.15, 0.2) is 0 Å². The van der Waals surface area contributed by atoms with Crippen LogP contribution in [0.1, 0.15) is 6.42 Å². The van der Waals surface area contributed by atoms with E-state index in [0.29, 0.717) is 13.1 Å². The van der Waals surface area contributed by atoms with E-state index in [0.717, 1.165) is 13.1 Å². The van der Waals surface area contributed by atoms with Crippen LogP contribution in [-0.2, 0) is 4.79 Å². The number of urea groups is 1. The smallest absolute Gasteiger partial charge is 0.321 e. The molecule has 0 aliphatic carbocycles. The largest absolute Gasteiger partial charge is 0.341 e. The Kier molecular flexibility index (Phi) is 5.39. The average molecular weight is 239 g/mol. The van der Waals surface area contributed by atoms with Gasteiger partial charge in [0.05, 0.1) is 6.07 Å². The zero-order valence-electron chi connectivity index (χ0n) is 9.82. The van der Waals surface area contributed by atoms with Crippen molar-refractivity contribution >= 4 is 11.9 Å². The Labute approximate surface area is 100 Å². The number of nitrogens with zero attached hydrogens (tertiary/aromatic N) is 2. The Hall–Kier alpha value is -1.65. The maximum atomic E-state index is 11.4. The predicted octanol–water partition coefficient (Wildman–Crippen LogP) is -1.37. The Morgan fingerprint density at radius 2 is 2.35 bits per heavy atom. The molecule has 1 fully saturated rings. The van der Waals surface area contributed by atoms with E-state index >= 15 is 0 Å². The van der Waals surface area contributed by atoms with Gasteiger partial charge in [-0.15, -0.1) is 0 Å². The molecule has 0 aromatic heterocycles. The fraction of sp³-hybridized carbons (Fsp3) is 0.700. The lowest BCUT2D eigenvalue weighted by Crippen LogP contribution is -2.51. The topological polar surface area (TPSA) is 97.3 Å². The number of hydrogen-bond donors (Lipinski definition) is 3. The third-order valence-electron chi connectivity index (χ3n) is 2.61. The lowest BCUT2D eigenvalue weighted by Gasteiger charge is -2.31. The van der Waals surface area contributed by atoms with E-state index in [9.17, 15) is 9.59 Å². The van der Waals surface area contributed by atoms with Crippen LogP contribution in [0.25, 0.3) is 0 Å². The fourth-order valence-corrected chi connectivity index (χ4v) is 1.64. The minimum absolute atomic E-state index is 0.198. The molecule has 1 aliphatic heterocycles. The van der Waals surface area contributed by atoms with Crippen LogP contribution in [0, 0.1) is 11.3 Å². The second-order valence-electron chi connectivity index (χ2n) is 3.76. The van der Waals surface area contributed by atoms with Gasteiger partial charge in [0, 0.05) is 39.6 Å². The average Bonchev–Trinajstić information content (AvgIpc) is 2.36. The van der Waals surface area contributed by atoms with E-state index in [-0.39, 0.29) is 18.4 Å². The van der Waals surface area contributed by atoms with Crippen molar-refractivity contribution in [2.75, 3.05) is 33.2 Å². The van der Waals surface area contributed by atoms with Gasteiger partial charge in [-0.1, -0.05) is 0 Å². The van der Waals surface area contributed by atoms with E-state index < -0.39 is 6.03 Å². The number of carbonyl (C=O) groups excluding carboxylic acids is 2. The van der Waals surface area contributed by atoms with Gasteiger partial charge < -0.3 is 10.6 Å². The van der Waals surface area contributed by atoms with Crippen molar-refractivity contribution < 1.29 is 9.59 Å². The van der Waals surface area contributed by atoms with Crippen molar-refractivity contribution in [2.45, 2.75) is 12.5 Å². The molecule has 1 rings (SSSR count). The molecule has 7 nitrogen and oxygen atoms in total. The molecule has 0 spiro atoms. The van der Waals surface area contributed by atoms with Crippen LogP contribution >= 0.6 is 0 Å². The highest BCUT2D eigenvalue weighted by Crippen LogP contribution is 2.02. The van der Waals surface area contributed by atoms with E-state index in [4.69, 9.17) is 5.26 Å². The number of nitriles is 1. The van der Waals surface area contributed by atoms with Crippen molar-refractivity contribution in [3.05, 3.63) is 0 Å². The first kappa shape index (κ1) is 13.4. The first-order valence-corrected chi connectivity index (χ1v) is 5.53. The van der Waals surface area contributed by atoms with Crippen LogP contribution in [0.2, 0.25) is 0 Å². The SMILES string of the molecule is CNC(=O)NC(=O)CCN1CCNCC1C#N. The van der Waals surface area contributed by atoms with Gasteiger partial charge in [-0.05, 0) is 0 Å².